The van der Waals surface area contributed by atoms with Crippen molar-refractivity contribution in [1.82, 2.24) is 15.5 Å². The normalized spacial score (nSPS) is 14.4. The molecule has 11 heteroatoms. The fraction of sp³-hybridized carbons (Fsp3) is 0.414. The summed E-state index contributed by atoms with van der Waals surface area (Å²) >= 11 is 0. The van der Waals surface area contributed by atoms with E-state index < -0.39 is 6.04 Å². The van der Waals surface area contributed by atoms with Gasteiger partial charge in [0.1, 0.15) is 24.3 Å². The number of hydrogen-bond acceptors (Lipinski definition) is 10. The maximum absolute atomic E-state index is 12.4. The van der Waals surface area contributed by atoms with Gasteiger partial charge in [-0.15, -0.1) is 0 Å². The van der Waals surface area contributed by atoms with E-state index in [1.807, 2.05) is 0 Å². The topological polar surface area (TPSA) is 136 Å². The monoisotopic (exact) mass is 550 g/mol. The summed E-state index contributed by atoms with van der Waals surface area (Å²) in [5, 5.41) is 9.39. The summed E-state index contributed by atoms with van der Waals surface area (Å²) in [6.45, 7) is 4.07. The maximum Gasteiger partial charge on any atom is 0.237 e. The molecule has 3 N–H and O–H groups in total. The van der Waals surface area contributed by atoms with Crippen molar-refractivity contribution in [1.29, 1.82) is 5.53 Å². The van der Waals surface area contributed by atoms with Gasteiger partial charge in [-0.05, 0) is 37.2 Å². The second-order valence-corrected chi connectivity index (χ2v) is 9.41. The van der Waals surface area contributed by atoms with E-state index in [1.165, 1.54) is 5.69 Å². The first-order valence-electron chi connectivity index (χ1n) is 13.3. The highest BCUT2D eigenvalue weighted by molar-refractivity contribution is 5.82. The van der Waals surface area contributed by atoms with Crippen LogP contribution < -0.4 is 20.3 Å². The van der Waals surface area contributed by atoms with Crippen molar-refractivity contribution in [3.63, 3.8) is 0 Å². The fourth-order valence-electron chi connectivity index (χ4n) is 4.49. The van der Waals surface area contributed by atoms with Gasteiger partial charge in [-0.1, -0.05) is 24.3 Å². The van der Waals surface area contributed by atoms with Gasteiger partial charge in [0.2, 0.25) is 5.91 Å². The fourth-order valence-corrected chi connectivity index (χ4v) is 4.49. The van der Waals surface area contributed by atoms with Gasteiger partial charge in [0.15, 0.2) is 6.29 Å². The predicted molar refractivity (Wildman–Crippen MR) is 151 cm³/mol. The number of nitrogens with zero attached hydrogens (tertiary/aromatic N) is 3. The van der Waals surface area contributed by atoms with Gasteiger partial charge in [0, 0.05) is 62.7 Å². The Morgan fingerprint density at radius 2 is 1.95 bits per heavy atom. The molecule has 1 atom stereocenters. The second-order valence-electron chi connectivity index (χ2n) is 9.41. The minimum Gasteiger partial charge on any atom is -0.487 e. The van der Waals surface area contributed by atoms with Crippen molar-refractivity contribution in [2.45, 2.75) is 32.0 Å². The number of benzene rings is 2. The molecule has 0 spiro atoms. The summed E-state index contributed by atoms with van der Waals surface area (Å²) in [7, 11) is 3.31. The minimum atomic E-state index is -0.548. The highest BCUT2D eigenvalue weighted by Gasteiger charge is 2.24. The van der Waals surface area contributed by atoms with E-state index in [0.717, 1.165) is 44.4 Å². The van der Waals surface area contributed by atoms with Crippen molar-refractivity contribution in [2.24, 2.45) is 5.11 Å². The van der Waals surface area contributed by atoms with Crippen LogP contribution in [-0.2, 0) is 27.4 Å². The maximum atomic E-state index is 12.4. The van der Waals surface area contributed by atoms with Crippen LogP contribution in [0.15, 0.2) is 59.5 Å². The summed E-state index contributed by atoms with van der Waals surface area (Å²) in [4.78, 5) is 39.2. The van der Waals surface area contributed by atoms with Crippen molar-refractivity contribution in [3.05, 3.63) is 71.1 Å². The number of carbonyl (C=O) groups is 3. The Hall–Kier alpha value is -4.09. The zero-order valence-corrected chi connectivity index (χ0v) is 23.1. The molecule has 1 heterocycles. The summed E-state index contributed by atoms with van der Waals surface area (Å²) in [5.41, 5.74) is 11.2. The number of nitrogens with one attached hydrogen (secondary N) is 3. The Morgan fingerprint density at radius 1 is 1.20 bits per heavy atom. The molecule has 214 valence electrons. The van der Waals surface area contributed by atoms with E-state index in [1.54, 1.807) is 43.4 Å². The molecule has 1 fully saturated rings. The number of ether oxygens (including phenoxy) is 2. The first kappa shape index (κ1) is 30.5. The summed E-state index contributed by atoms with van der Waals surface area (Å²) in [5.74, 6) is 0.242. The summed E-state index contributed by atoms with van der Waals surface area (Å²) in [6, 6.07) is 12.9. The standard InChI is InChI=1S/C29H38N6O5/c1-31-29(38)27(6-4-14-36)34(2)19-26-23(20-37)5-3-7-28(26)40-21-24(33-30)18-32-17-22-8-10-25(11-9-22)35-12-15-39-16-13-35/h3,5,7-11,14,18,20,27,30,32H,4,6,12-13,15-17,19,21H2,1-2H3,(H,31,38)/b24-18-,33-30?. The second kappa shape index (κ2) is 16.1. The van der Waals surface area contributed by atoms with E-state index in [0.29, 0.717) is 35.5 Å². The van der Waals surface area contributed by atoms with Crippen LogP contribution in [0, 0.1) is 5.53 Å². The molecule has 1 aliphatic heterocycles. The van der Waals surface area contributed by atoms with Crippen molar-refractivity contribution in [3.8, 4) is 5.75 Å². The van der Waals surface area contributed by atoms with Crippen LogP contribution in [0.3, 0.4) is 0 Å². The molecule has 11 nitrogen and oxygen atoms in total. The molecule has 0 aliphatic carbocycles. The van der Waals surface area contributed by atoms with Crippen molar-refractivity contribution < 1.29 is 23.9 Å². The first-order chi connectivity index (χ1) is 19.5. The Bertz CT molecular complexity index is 1160. The Kier molecular flexibility index (Phi) is 12.3. The van der Waals surface area contributed by atoms with Gasteiger partial charge in [-0.2, -0.15) is 5.11 Å². The van der Waals surface area contributed by atoms with Gasteiger partial charge in [-0.25, -0.2) is 5.53 Å². The average Bonchev–Trinajstić information content (AvgIpc) is 3.00. The first-order valence-corrected chi connectivity index (χ1v) is 13.3. The molecule has 0 saturated carbocycles. The number of morpholine rings is 1. The molecule has 2 aromatic carbocycles. The van der Waals surface area contributed by atoms with Crippen LogP contribution in [0.1, 0.15) is 34.3 Å². The number of rotatable bonds is 16. The molecule has 40 heavy (non-hydrogen) atoms. The lowest BCUT2D eigenvalue weighted by atomic mass is 10.0. The number of aldehydes is 2. The van der Waals surface area contributed by atoms with Gasteiger partial charge in [-0.3, -0.25) is 14.5 Å². The Labute approximate surface area is 235 Å². The largest absolute Gasteiger partial charge is 0.487 e. The number of carbonyl (C=O) groups excluding carboxylic acids is 3. The molecule has 1 saturated heterocycles. The lowest BCUT2D eigenvalue weighted by molar-refractivity contribution is -0.126. The summed E-state index contributed by atoms with van der Waals surface area (Å²) in [6.07, 6.45) is 3.76. The molecule has 1 unspecified atom stereocenters. The molecule has 1 aliphatic rings. The number of hydrogen-bond donors (Lipinski definition) is 3. The zero-order valence-electron chi connectivity index (χ0n) is 23.1. The van der Waals surface area contributed by atoms with E-state index in [-0.39, 0.29) is 25.5 Å². The molecular formula is C29H38N6O5. The quantitative estimate of drug-likeness (QED) is 0.214. The van der Waals surface area contributed by atoms with Gasteiger partial charge in [0.05, 0.1) is 19.3 Å². The molecular weight excluding hydrogens is 512 g/mol. The highest BCUT2D eigenvalue weighted by Crippen LogP contribution is 2.25. The SMILES string of the molecule is CNC(=O)C(CCC=O)N(C)Cc1c(C=O)cccc1OC/C(=C/NCc1ccc(N2CCOCC2)cc1)N=N. The van der Waals surface area contributed by atoms with Crippen LogP contribution in [0.25, 0.3) is 0 Å². The van der Waals surface area contributed by atoms with Gasteiger partial charge in [0.25, 0.3) is 0 Å². The van der Waals surface area contributed by atoms with Crippen LogP contribution in [0.2, 0.25) is 0 Å². The van der Waals surface area contributed by atoms with E-state index >= 15 is 0 Å². The average molecular weight is 551 g/mol. The van der Waals surface area contributed by atoms with Crippen molar-refractivity contribution in [2.75, 3.05) is 51.9 Å². The Balaban J connectivity index is 1.62. The molecule has 0 aromatic heterocycles. The molecule has 0 radical (unpaired) electrons. The third-order valence-corrected chi connectivity index (χ3v) is 6.75. The number of anilines is 1. The molecule has 1 amide bonds. The zero-order chi connectivity index (χ0) is 28.7. The van der Waals surface area contributed by atoms with Gasteiger partial charge < -0.3 is 29.8 Å². The van der Waals surface area contributed by atoms with E-state index in [2.05, 4.69) is 44.9 Å². The predicted octanol–water partition coefficient (Wildman–Crippen LogP) is 2.90. The third kappa shape index (κ3) is 8.72. The lowest BCUT2D eigenvalue weighted by Gasteiger charge is -2.28. The molecule has 2 aromatic rings. The van der Waals surface area contributed by atoms with E-state index in [4.69, 9.17) is 15.0 Å². The minimum absolute atomic E-state index is 0.00943. The van der Waals surface area contributed by atoms with Crippen LogP contribution in [-0.4, -0.2) is 76.4 Å². The smallest absolute Gasteiger partial charge is 0.237 e. The van der Waals surface area contributed by atoms with Crippen LogP contribution in [0.4, 0.5) is 5.69 Å². The van der Waals surface area contributed by atoms with Crippen molar-refractivity contribution >= 4 is 24.2 Å². The van der Waals surface area contributed by atoms with Crippen LogP contribution >= 0.6 is 0 Å². The Morgan fingerprint density at radius 3 is 2.60 bits per heavy atom. The number of likely N-dealkylation sites (N-methyl/N-ethyl adjacent to an activating group) is 2. The van der Waals surface area contributed by atoms with Crippen LogP contribution in [0.5, 0.6) is 5.75 Å². The lowest BCUT2D eigenvalue weighted by Crippen LogP contribution is -2.43. The molecule has 0 bridgehead atoms. The highest BCUT2D eigenvalue weighted by atomic mass is 16.5. The van der Waals surface area contributed by atoms with Gasteiger partial charge >= 0.3 is 0 Å². The summed E-state index contributed by atoms with van der Waals surface area (Å²) < 4.78 is 11.4. The molecule has 3 rings (SSSR count). The number of amides is 1. The van der Waals surface area contributed by atoms with E-state index in [9.17, 15) is 14.4 Å². The third-order valence-electron chi connectivity index (χ3n) is 6.75.